The molecule has 0 spiro atoms. The van der Waals surface area contributed by atoms with Gasteiger partial charge in [0, 0.05) is 11.6 Å². The number of methoxy groups -OCH3 is 1. The molecule has 0 aliphatic carbocycles. The fourth-order valence-corrected chi connectivity index (χ4v) is 2.17. The number of nitrogens with two attached hydrogens (primary N) is 1. The van der Waals surface area contributed by atoms with Crippen LogP contribution in [0.15, 0.2) is 18.2 Å². The van der Waals surface area contributed by atoms with Gasteiger partial charge < -0.3 is 20.5 Å². The minimum absolute atomic E-state index is 0.0752. The van der Waals surface area contributed by atoms with E-state index in [1.165, 1.54) is 0 Å². The maximum Gasteiger partial charge on any atom is 0.239 e. The molecule has 0 bridgehead atoms. The summed E-state index contributed by atoms with van der Waals surface area (Å²) in [5, 5.41) is 3.01. The van der Waals surface area contributed by atoms with Crippen LogP contribution in [-0.4, -0.2) is 25.2 Å². The van der Waals surface area contributed by atoms with Gasteiger partial charge in [-0.1, -0.05) is 0 Å². The molecule has 2 rings (SSSR count). The van der Waals surface area contributed by atoms with Gasteiger partial charge in [0.15, 0.2) is 0 Å². The molecule has 0 fully saturated rings. The van der Waals surface area contributed by atoms with Crippen molar-refractivity contribution in [2.75, 3.05) is 13.7 Å². The van der Waals surface area contributed by atoms with Gasteiger partial charge >= 0.3 is 0 Å². The van der Waals surface area contributed by atoms with Crippen molar-refractivity contribution < 1.29 is 14.3 Å². The van der Waals surface area contributed by atoms with Crippen LogP contribution in [0.5, 0.6) is 11.5 Å². The second-order valence-corrected chi connectivity index (χ2v) is 5.64. The summed E-state index contributed by atoms with van der Waals surface area (Å²) in [6.45, 7) is 4.04. The SMILES string of the molecule is COc1ccc2c(c1)OCCCC2NC(=O)C(C)(C)N. The zero-order chi connectivity index (χ0) is 14.8. The van der Waals surface area contributed by atoms with Gasteiger partial charge in [0.25, 0.3) is 0 Å². The van der Waals surface area contributed by atoms with Gasteiger partial charge in [-0.2, -0.15) is 0 Å². The Morgan fingerprint density at radius 3 is 2.90 bits per heavy atom. The highest BCUT2D eigenvalue weighted by molar-refractivity contribution is 5.85. The Balaban J connectivity index is 2.25. The van der Waals surface area contributed by atoms with Crippen molar-refractivity contribution in [2.24, 2.45) is 5.73 Å². The van der Waals surface area contributed by atoms with E-state index in [2.05, 4.69) is 5.32 Å². The molecule has 1 heterocycles. The highest BCUT2D eigenvalue weighted by Crippen LogP contribution is 2.34. The van der Waals surface area contributed by atoms with Crippen molar-refractivity contribution in [1.82, 2.24) is 5.32 Å². The Bertz CT molecular complexity index is 494. The first-order valence-corrected chi connectivity index (χ1v) is 6.82. The minimum atomic E-state index is -0.889. The molecule has 0 radical (unpaired) electrons. The lowest BCUT2D eigenvalue weighted by atomic mass is 9.99. The van der Waals surface area contributed by atoms with Crippen molar-refractivity contribution in [1.29, 1.82) is 0 Å². The Labute approximate surface area is 119 Å². The summed E-state index contributed by atoms with van der Waals surface area (Å²) < 4.78 is 10.9. The van der Waals surface area contributed by atoms with Gasteiger partial charge in [0.1, 0.15) is 11.5 Å². The highest BCUT2D eigenvalue weighted by atomic mass is 16.5. The van der Waals surface area contributed by atoms with E-state index < -0.39 is 5.54 Å². The largest absolute Gasteiger partial charge is 0.497 e. The van der Waals surface area contributed by atoms with Crippen LogP contribution >= 0.6 is 0 Å². The minimum Gasteiger partial charge on any atom is -0.497 e. The third-order valence-electron chi connectivity index (χ3n) is 3.38. The second-order valence-electron chi connectivity index (χ2n) is 5.64. The van der Waals surface area contributed by atoms with Crippen molar-refractivity contribution in [2.45, 2.75) is 38.3 Å². The number of amides is 1. The summed E-state index contributed by atoms with van der Waals surface area (Å²) in [4.78, 5) is 12.1. The fraction of sp³-hybridized carbons (Fsp3) is 0.533. The van der Waals surface area contributed by atoms with E-state index in [0.29, 0.717) is 6.61 Å². The summed E-state index contributed by atoms with van der Waals surface area (Å²) >= 11 is 0. The van der Waals surface area contributed by atoms with E-state index in [9.17, 15) is 4.79 Å². The van der Waals surface area contributed by atoms with Gasteiger partial charge in [-0.3, -0.25) is 4.79 Å². The van der Waals surface area contributed by atoms with Crippen LogP contribution in [0, 0.1) is 0 Å². The standard InChI is InChI=1S/C15H22N2O3/c1-15(2,16)14(18)17-12-5-4-8-20-13-9-10(19-3)6-7-11(12)13/h6-7,9,12H,4-5,8,16H2,1-3H3,(H,17,18). The molecule has 5 heteroatoms. The molecular formula is C15H22N2O3. The first-order chi connectivity index (χ1) is 9.41. The first-order valence-electron chi connectivity index (χ1n) is 6.82. The summed E-state index contributed by atoms with van der Waals surface area (Å²) in [7, 11) is 1.62. The van der Waals surface area contributed by atoms with E-state index in [1.54, 1.807) is 21.0 Å². The number of ether oxygens (including phenoxy) is 2. The van der Waals surface area contributed by atoms with Crippen LogP contribution in [0.1, 0.15) is 38.3 Å². The molecule has 1 aliphatic heterocycles. The Morgan fingerprint density at radius 2 is 2.25 bits per heavy atom. The maximum absolute atomic E-state index is 12.1. The fourth-order valence-electron chi connectivity index (χ4n) is 2.17. The Morgan fingerprint density at radius 1 is 1.50 bits per heavy atom. The number of carbonyl (C=O) groups excluding carboxylic acids is 1. The third-order valence-corrected chi connectivity index (χ3v) is 3.38. The zero-order valence-corrected chi connectivity index (χ0v) is 12.2. The van der Waals surface area contributed by atoms with Crippen molar-refractivity contribution in [3.63, 3.8) is 0 Å². The lowest BCUT2D eigenvalue weighted by Crippen LogP contribution is -2.50. The molecule has 0 saturated heterocycles. The van der Waals surface area contributed by atoms with E-state index in [0.717, 1.165) is 29.9 Å². The van der Waals surface area contributed by atoms with E-state index in [1.807, 2.05) is 18.2 Å². The number of benzene rings is 1. The average Bonchev–Trinajstić information content (AvgIpc) is 2.59. The number of rotatable bonds is 3. The average molecular weight is 278 g/mol. The van der Waals surface area contributed by atoms with Gasteiger partial charge in [0.05, 0.1) is 25.3 Å². The van der Waals surface area contributed by atoms with Crippen molar-refractivity contribution in [3.05, 3.63) is 23.8 Å². The molecule has 0 aromatic heterocycles. The highest BCUT2D eigenvalue weighted by Gasteiger charge is 2.27. The van der Waals surface area contributed by atoms with Crippen LogP contribution in [0.3, 0.4) is 0 Å². The van der Waals surface area contributed by atoms with Gasteiger partial charge in [0.2, 0.25) is 5.91 Å². The second kappa shape index (κ2) is 5.71. The summed E-state index contributed by atoms with van der Waals surface area (Å²) in [5.41, 5.74) is 5.92. The number of hydrogen-bond donors (Lipinski definition) is 2. The van der Waals surface area contributed by atoms with Gasteiger partial charge in [-0.25, -0.2) is 0 Å². The lowest BCUT2D eigenvalue weighted by molar-refractivity contribution is -0.126. The van der Waals surface area contributed by atoms with Crippen LogP contribution < -0.4 is 20.5 Å². The normalized spacial score (nSPS) is 18.5. The van der Waals surface area contributed by atoms with E-state index in [4.69, 9.17) is 15.2 Å². The van der Waals surface area contributed by atoms with Crippen molar-refractivity contribution >= 4 is 5.91 Å². The summed E-state index contributed by atoms with van der Waals surface area (Å²) in [5.74, 6) is 1.35. The topological polar surface area (TPSA) is 73.6 Å². The quantitative estimate of drug-likeness (QED) is 0.883. The van der Waals surface area contributed by atoms with Crippen LogP contribution in [-0.2, 0) is 4.79 Å². The number of fused-ring (bicyclic) bond motifs is 1. The van der Waals surface area contributed by atoms with E-state index in [-0.39, 0.29) is 11.9 Å². The molecule has 0 saturated carbocycles. The molecule has 3 N–H and O–H groups in total. The van der Waals surface area contributed by atoms with Gasteiger partial charge in [-0.05, 0) is 38.8 Å². The van der Waals surface area contributed by atoms with Crippen LogP contribution in [0.4, 0.5) is 0 Å². The Kier molecular flexibility index (Phi) is 4.18. The maximum atomic E-state index is 12.1. The van der Waals surface area contributed by atoms with Crippen molar-refractivity contribution in [3.8, 4) is 11.5 Å². The first kappa shape index (κ1) is 14.7. The predicted octanol–water partition coefficient (Wildman–Crippen LogP) is 1.76. The number of carbonyl (C=O) groups is 1. The molecule has 1 aromatic rings. The monoisotopic (exact) mass is 278 g/mol. The molecule has 5 nitrogen and oxygen atoms in total. The molecule has 1 aromatic carbocycles. The third kappa shape index (κ3) is 3.22. The molecule has 20 heavy (non-hydrogen) atoms. The molecular weight excluding hydrogens is 256 g/mol. The number of nitrogens with one attached hydrogen (secondary N) is 1. The van der Waals surface area contributed by atoms with Crippen LogP contribution in [0.25, 0.3) is 0 Å². The molecule has 1 atom stereocenters. The molecule has 110 valence electrons. The zero-order valence-electron chi connectivity index (χ0n) is 12.2. The molecule has 1 amide bonds. The Hall–Kier alpha value is -1.75. The predicted molar refractivity (Wildman–Crippen MR) is 76.9 cm³/mol. The summed E-state index contributed by atoms with van der Waals surface area (Å²) in [6, 6.07) is 5.59. The molecule has 1 aliphatic rings. The smallest absolute Gasteiger partial charge is 0.239 e. The number of hydrogen-bond acceptors (Lipinski definition) is 4. The van der Waals surface area contributed by atoms with Crippen LogP contribution in [0.2, 0.25) is 0 Å². The van der Waals surface area contributed by atoms with Gasteiger partial charge in [-0.15, -0.1) is 0 Å². The summed E-state index contributed by atoms with van der Waals surface area (Å²) in [6.07, 6.45) is 1.72. The molecule has 1 unspecified atom stereocenters. The van der Waals surface area contributed by atoms with E-state index >= 15 is 0 Å². The lowest BCUT2D eigenvalue weighted by Gasteiger charge is -2.24.